The van der Waals surface area contributed by atoms with Gasteiger partial charge in [0.1, 0.15) is 0 Å². The number of benzene rings is 2. The summed E-state index contributed by atoms with van der Waals surface area (Å²) >= 11 is 0. The van der Waals surface area contributed by atoms with Crippen LogP contribution in [0.4, 0.5) is 0 Å². The van der Waals surface area contributed by atoms with Crippen LogP contribution in [-0.2, 0) is 16.1 Å². The zero-order chi connectivity index (χ0) is 20.8. The third-order valence-electron chi connectivity index (χ3n) is 6.03. The second kappa shape index (κ2) is 11.7. The summed E-state index contributed by atoms with van der Waals surface area (Å²) in [7, 11) is 0. The number of nitrogens with zero attached hydrogens (tertiary/aromatic N) is 3. The minimum atomic E-state index is 0. The van der Waals surface area contributed by atoms with Gasteiger partial charge in [0.2, 0.25) is 5.91 Å². The standard InChI is InChI=1S/C24H32N4O2.HI/c1-2-25-24(26-18-19-7-8-20-5-3-4-6-22(20)17-19)28-11-9-21(10-12-28)23(29)27-13-15-30-16-14-27;/h3-8,17,21H,2,9-16,18H2,1H3,(H,25,26);1H. The summed E-state index contributed by atoms with van der Waals surface area (Å²) in [5.41, 5.74) is 1.21. The van der Waals surface area contributed by atoms with Gasteiger partial charge >= 0.3 is 0 Å². The second-order valence-electron chi connectivity index (χ2n) is 8.05. The van der Waals surface area contributed by atoms with E-state index in [0.29, 0.717) is 25.7 Å². The SMILES string of the molecule is CCNC(=NCc1ccc2ccccc2c1)N1CCC(C(=O)N2CCOCC2)CC1.I. The topological polar surface area (TPSA) is 57.2 Å². The van der Waals surface area contributed by atoms with Crippen molar-refractivity contribution in [3.05, 3.63) is 48.0 Å². The molecule has 0 unspecified atom stereocenters. The van der Waals surface area contributed by atoms with E-state index in [9.17, 15) is 4.79 Å². The number of hydrogen-bond acceptors (Lipinski definition) is 3. The van der Waals surface area contributed by atoms with Gasteiger partial charge in [-0.2, -0.15) is 0 Å². The number of morpholine rings is 1. The first-order chi connectivity index (χ1) is 14.7. The molecule has 7 heteroatoms. The van der Waals surface area contributed by atoms with E-state index in [1.807, 2.05) is 4.90 Å². The highest BCUT2D eigenvalue weighted by Crippen LogP contribution is 2.21. The molecule has 0 aliphatic carbocycles. The van der Waals surface area contributed by atoms with Crippen molar-refractivity contribution in [2.45, 2.75) is 26.3 Å². The molecule has 0 atom stereocenters. The van der Waals surface area contributed by atoms with Crippen LogP contribution >= 0.6 is 24.0 Å². The monoisotopic (exact) mass is 536 g/mol. The summed E-state index contributed by atoms with van der Waals surface area (Å²) in [5.74, 6) is 1.38. The quantitative estimate of drug-likeness (QED) is 0.370. The summed E-state index contributed by atoms with van der Waals surface area (Å²) in [6.45, 7) is 8.11. The number of likely N-dealkylation sites (tertiary alicyclic amines) is 1. The number of carbonyl (C=O) groups is 1. The number of rotatable bonds is 4. The van der Waals surface area contributed by atoms with Crippen molar-refractivity contribution < 1.29 is 9.53 Å². The first kappa shape index (κ1) is 23.8. The third kappa shape index (κ3) is 6.10. The maximum Gasteiger partial charge on any atom is 0.225 e. The van der Waals surface area contributed by atoms with E-state index >= 15 is 0 Å². The first-order valence-corrected chi connectivity index (χ1v) is 11.1. The lowest BCUT2D eigenvalue weighted by Crippen LogP contribution is -2.50. The molecule has 0 saturated carbocycles. The number of fused-ring (bicyclic) bond motifs is 1. The molecule has 4 rings (SSSR count). The van der Waals surface area contributed by atoms with Crippen molar-refractivity contribution in [3.8, 4) is 0 Å². The van der Waals surface area contributed by atoms with Crippen LogP contribution in [0.5, 0.6) is 0 Å². The number of aliphatic imine (C=N–C) groups is 1. The van der Waals surface area contributed by atoms with E-state index in [2.05, 4.69) is 59.6 Å². The number of guanidine groups is 1. The number of carbonyl (C=O) groups excluding carboxylic acids is 1. The van der Waals surface area contributed by atoms with E-state index in [-0.39, 0.29) is 29.9 Å². The Bertz CT molecular complexity index is 890. The van der Waals surface area contributed by atoms with Crippen LogP contribution in [0.15, 0.2) is 47.5 Å². The molecule has 2 aliphatic rings. The summed E-state index contributed by atoms with van der Waals surface area (Å²) in [6.07, 6.45) is 1.77. The zero-order valence-corrected chi connectivity index (χ0v) is 20.6. The Morgan fingerprint density at radius 1 is 1.03 bits per heavy atom. The molecule has 168 valence electrons. The molecular formula is C24H33IN4O2. The lowest BCUT2D eigenvalue weighted by atomic mass is 9.95. The number of amides is 1. The molecule has 0 bridgehead atoms. The normalized spacial score (nSPS) is 18.0. The fourth-order valence-corrected chi connectivity index (χ4v) is 4.31. The minimum Gasteiger partial charge on any atom is -0.378 e. The van der Waals surface area contributed by atoms with Crippen LogP contribution in [0.25, 0.3) is 10.8 Å². The summed E-state index contributed by atoms with van der Waals surface area (Å²) in [6, 6.07) is 14.9. The van der Waals surface area contributed by atoms with Crippen LogP contribution in [0.1, 0.15) is 25.3 Å². The molecule has 2 aliphatic heterocycles. The fraction of sp³-hybridized carbons (Fsp3) is 0.500. The molecule has 1 N–H and O–H groups in total. The molecule has 6 nitrogen and oxygen atoms in total. The largest absolute Gasteiger partial charge is 0.378 e. The van der Waals surface area contributed by atoms with Crippen molar-refractivity contribution in [1.82, 2.24) is 15.1 Å². The number of nitrogens with one attached hydrogen (secondary N) is 1. The molecule has 0 aromatic heterocycles. The Morgan fingerprint density at radius 2 is 1.74 bits per heavy atom. The molecule has 31 heavy (non-hydrogen) atoms. The Labute approximate surface area is 202 Å². The van der Waals surface area contributed by atoms with Gasteiger partial charge < -0.3 is 19.9 Å². The zero-order valence-electron chi connectivity index (χ0n) is 18.3. The van der Waals surface area contributed by atoms with E-state index < -0.39 is 0 Å². The van der Waals surface area contributed by atoms with Gasteiger partial charge in [-0.3, -0.25) is 4.79 Å². The molecule has 2 fully saturated rings. The van der Waals surface area contributed by atoms with Crippen LogP contribution in [0.3, 0.4) is 0 Å². The van der Waals surface area contributed by atoms with Gasteiger partial charge in [0, 0.05) is 38.6 Å². The van der Waals surface area contributed by atoms with Gasteiger partial charge in [-0.15, -0.1) is 24.0 Å². The van der Waals surface area contributed by atoms with Crippen LogP contribution < -0.4 is 5.32 Å². The van der Waals surface area contributed by atoms with E-state index in [1.54, 1.807) is 0 Å². The van der Waals surface area contributed by atoms with Gasteiger partial charge in [-0.1, -0.05) is 36.4 Å². The molecule has 2 aromatic carbocycles. The van der Waals surface area contributed by atoms with E-state index in [4.69, 9.17) is 9.73 Å². The highest BCUT2D eigenvalue weighted by atomic mass is 127. The van der Waals surface area contributed by atoms with Crippen molar-refractivity contribution in [3.63, 3.8) is 0 Å². The van der Waals surface area contributed by atoms with Crippen LogP contribution in [0.2, 0.25) is 0 Å². The maximum atomic E-state index is 12.8. The smallest absolute Gasteiger partial charge is 0.225 e. The lowest BCUT2D eigenvalue weighted by Gasteiger charge is -2.36. The Kier molecular flexibility index (Phi) is 8.95. The number of ether oxygens (including phenoxy) is 1. The van der Waals surface area contributed by atoms with Gasteiger partial charge in [-0.05, 0) is 42.2 Å². The Balaban J connectivity index is 0.00000272. The average Bonchev–Trinajstić information content (AvgIpc) is 2.82. The van der Waals surface area contributed by atoms with Gasteiger partial charge in [-0.25, -0.2) is 4.99 Å². The van der Waals surface area contributed by atoms with Gasteiger partial charge in [0.05, 0.1) is 19.8 Å². The fourth-order valence-electron chi connectivity index (χ4n) is 4.31. The summed E-state index contributed by atoms with van der Waals surface area (Å²) in [5, 5.41) is 5.93. The van der Waals surface area contributed by atoms with Crippen molar-refractivity contribution in [2.75, 3.05) is 45.9 Å². The number of piperidine rings is 1. The van der Waals surface area contributed by atoms with Crippen LogP contribution in [0, 0.1) is 5.92 Å². The van der Waals surface area contributed by atoms with Crippen molar-refractivity contribution in [2.24, 2.45) is 10.9 Å². The first-order valence-electron chi connectivity index (χ1n) is 11.1. The predicted molar refractivity (Wildman–Crippen MR) is 136 cm³/mol. The molecule has 2 aromatic rings. The Hall–Kier alpha value is -1.87. The molecule has 0 radical (unpaired) electrons. The predicted octanol–water partition coefficient (Wildman–Crippen LogP) is 3.49. The molecule has 1 amide bonds. The molecular weight excluding hydrogens is 503 g/mol. The van der Waals surface area contributed by atoms with Gasteiger partial charge in [0.25, 0.3) is 0 Å². The number of hydrogen-bond donors (Lipinski definition) is 1. The lowest BCUT2D eigenvalue weighted by molar-refractivity contribution is -0.140. The van der Waals surface area contributed by atoms with Crippen molar-refractivity contribution in [1.29, 1.82) is 0 Å². The highest BCUT2D eigenvalue weighted by Gasteiger charge is 2.30. The Morgan fingerprint density at radius 3 is 2.45 bits per heavy atom. The highest BCUT2D eigenvalue weighted by molar-refractivity contribution is 14.0. The van der Waals surface area contributed by atoms with E-state index in [1.165, 1.54) is 16.3 Å². The second-order valence-corrected chi connectivity index (χ2v) is 8.05. The average molecular weight is 536 g/mol. The van der Waals surface area contributed by atoms with Crippen molar-refractivity contribution >= 4 is 46.6 Å². The maximum absolute atomic E-state index is 12.8. The van der Waals surface area contributed by atoms with E-state index in [0.717, 1.165) is 51.5 Å². The molecule has 2 saturated heterocycles. The number of halogens is 1. The van der Waals surface area contributed by atoms with Crippen LogP contribution in [-0.4, -0.2) is 67.6 Å². The molecule has 0 spiro atoms. The third-order valence-corrected chi connectivity index (χ3v) is 6.03. The van der Waals surface area contributed by atoms with Gasteiger partial charge in [0.15, 0.2) is 5.96 Å². The molecule has 2 heterocycles. The minimum absolute atomic E-state index is 0. The summed E-state index contributed by atoms with van der Waals surface area (Å²) < 4.78 is 5.37. The summed E-state index contributed by atoms with van der Waals surface area (Å²) in [4.78, 5) is 21.9.